The summed E-state index contributed by atoms with van der Waals surface area (Å²) in [6.07, 6.45) is 1.79. The zero-order valence-electron chi connectivity index (χ0n) is 9.45. The summed E-state index contributed by atoms with van der Waals surface area (Å²) in [5.41, 5.74) is 2.52. The van der Waals surface area contributed by atoms with Gasteiger partial charge in [-0.2, -0.15) is 0 Å². The summed E-state index contributed by atoms with van der Waals surface area (Å²) in [6.45, 7) is 3.74. The Morgan fingerprint density at radius 3 is 2.24 bits per heavy atom. The highest BCUT2D eigenvalue weighted by atomic mass is 79.9. The number of aliphatic carboxylic acids is 1. The van der Waals surface area contributed by atoms with Gasteiger partial charge in [0.2, 0.25) is 5.91 Å². The molecule has 1 aromatic rings. The van der Waals surface area contributed by atoms with Crippen LogP contribution in [0.25, 0.3) is 0 Å². The molecule has 0 aromatic heterocycles. The molecule has 0 saturated carbocycles. The first-order valence-corrected chi connectivity index (χ1v) is 5.68. The van der Waals surface area contributed by atoms with E-state index >= 15 is 0 Å². The Labute approximate surface area is 107 Å². The fourth-order valence-corrected chi connectivity index (χ4v) is 2.11. The minimum atomic E-state index is -1.15. The molecule has 0 saturated heterocycles. The third kappa shape index (κ3) is 4.03. The quantitative estimate of drug-likeness (QED) is 0.843. The van der Waals surface area contributed by atoms with E-state index in [1.807, 2.05) is 26.0 Å². The average Bonchev–Trinajstić information content (AvgIpc) is 2.20. The fraction of sp³-hybridized carbons (Fsp3) is 0.167. The maximum atomic E-state index is 11.4. The number of aryl methyl sites for hydroxylation is 2. The Bertz CT molecular complexity index is 472. The van der Waals surface area contributed by atoms with Crippen LogP contribution in [0.2, 0.25) is 0 Å². The Hall–Kier alpha value is -1.62. The second-order valence-electron chi connectivity index (χ2n) is 3.58. The number of amides is 1. The van der Waals surface area contributed by atoms with Crippen LogP contribution in [0.4, 0.5) is 5.69 Å². The zero-order chi connectivity index (χ0) is 13.0. The van der Waals surface area contributed by atoms with E-state index < -0.39 is 11.9 Å². The molecule has 0 aliphatic rings. The van der Waals surface area contributed by atoms with E-state index in [-0.39, 0.29) is 0 Å². The van der Waals surface area contributed by atoms with Crippen molar-refractivity contribution in [3.8, 4) is 0 Å². The number of carboxylic acids is 1. The lowest BCUT2D eigenvalue weighted by atomic mass is 10.1. The van der Waals surface area contributed by atoms with Crippen LogP contribution in [0, 0.1) is 13.8 Å². The number of halogens is 1. The van der Waals surface area contributed by atoms with Gasteiger partial charge in [0, 0.05) is 22.3 Å². The SMILES string of the molecule is Cc1cc(Br)cc(C)c1NC(=O)/C=C/C(=O)O. The third-order valence-corrected chi connectivity index (χ3v) is 2.58. The van der Waals surface area contributed by atoms with Crippen LogP contribution in [0.1, 0.15) is 11.1 Å². The summed E-state index contributed by atoms with van der Waals surface area (Å²) >= 11 is 3.36. The Morgan fingerprint density at radius 2 is 1.76 bits per heavy atom. The van der Waals surface area contributed by atoms with Gasteiger partial charge in [-0.25, -0.2) is 4.79 Å². The van der Waals surface area contributed by atoms with Gasteiger partial charge in [0.1, 0.15) is 0 Å². The maximum Gasteiger partial charge on any atom is 0.328 e. The summed E-state index contributed by atoms with van der Waals surface area (Å²) in [7, 11) is 0. The van der Waals surface area contributed by atoms with Gasteiger partial charge >= 0.3 is 5.97 Å². The zero-order valence-corrected chi connectivity index (χ0v) is 11.0. The van der Waals surface area contributed by atoms with Crippen LogP contribution in [0.3, 0.4) is 0 Å². The second-order valence-corrected chi connectivity index (χ2v) is 4.49. The van der Waals surface area contributed by atoms with Gasteiger partial charge in [0.25, 0.3) is 0 Å². The molecule has 1 amide bonds. The molecular weight excluding hydrogens is 286 g/mol. The van der Waals surface area contributed by atoms with Gasteiger partial charge in [0.05, 0.1) is 0 Å². The number of hydrogen-bond acceptors (Lipinski definition) is 2. The van der Waals surface area contributed by atoms with Gasteiger partial charge in [-0.15, -0.1) is 0 Å². The van der Waals surface area contributed by atoms with E-state index in [9.17, 15) is 9.59 Å². The summed E-state index contributed by atoms with van der Waals surface area (Å²) in [5.74, 6) is -1.61. The minimum Gasteiger partial charge on any atom is -0.478 e. The molecule has 5 heteroatoms. The number of rotatable bonds is 3. The second kappa shape index (κ2) is 5.63. The molecule has 0 bridgehead atoms. The molecule has 90 valence electrons. The molecule has 17 heavy (non-hydrogen) atoms. The molecule has 0 unspecified atom stereocenters. The van der Waals surface area contributed by atoms with Crippen molar-refractivity contribution in [3.63, 3.8) is 0 Å². The average molecular weight is 298 g/mol. The molecule has 0 spiro atoms. The number of carbonyl (C=O) groups is 2. The maximum absolute atomic E-state index is 11.4. The Balaban J connectivity index is 2.89. The Morgan fingerprint density at radius 1 is 1.24 bits per heavy atom. The lowest BCUT2D eigenvalue weighted by Gasteiger charge is -2.10. The molecule has 0 heterocycles. The smallest absolute Gasteiger partial charge is 0.328 e. The third-order valence-electron chi connectivity index (χ3n) is 2.12. The summed E-state index contributed by atoms with van der Waals surface area (Å²) < 4.78 is 0.937. The van der Waals surface area contributed by atoms with E-state index in [2.05, 4.69) is 21.2 Å². The van der Waals surface area contributed by atoms with E-state index in [1.165, 1.54) is 0 Å². The number of nitrogens with one attached hydrogen (secondary N) is 1. The molecule has 0 aliphatic heterocycles. The molecule has 0 fully saturated rings. The topological polar surface area (TPSA) is 66.4 Å². The van der Waals surface area contributed by atoms with E-state index in [0.29, 0.717) is 5.69 Å². The van der Waals surface area contributed by atoms with Gasteiger partial charge in [-0.05, 0) is 37.1 Å². The van der Waals surface area contributed by atoms with Crippen molar-refractivity contribution in [1.29, 1.82) is 0 Å². The van der Waals surface area contributed by atoms with Crippen LogP contribution in [0.15, 0.2) is 28.8 Å². The van der Waals surface area contributed by atoms with Crippen LogP contribution in [0.5, 0.6) is 0 Å². The van der Waals surface area contributed by atoms with Gasteiger partial charge < -0.3 is 10.4 Å². The molecule has 0 atom stereocenters. The predicted octanol–water partition coefficient (Wildman–Crippen LogP) is 2.65. The summed E-state index contributed by atoms with van der Waals surface area (Å²) in [6, 6.07) is 3.76. The van der Waals surface area contributed by atoms with Crippen LogP contribution in [-0.2, 0) is 9.59 Å². The van der Waals surface area contributed by atoms with Crippen molar-refractivity contribution in [3.05, 3.63) is 39.9 Å². The first kappa shape index (κ1) is 13.4. The molecule has 2 N–H and O–H groups in total. The first-order valence-electron chi connectivity index (χ1n) is 4.89. The number of carboxylic acid groups (broad SMARTS) is 1. The normalized spacial score (nSPS) is 10.5. The number of benzene rings is 1. The molecule has 4 nitrogen and oxygen atoms in total. The number of anilines is 1. The van der Waals surface area contributed by atoms with Gasteiger partial charge in [0.15, 0.2) is 0 Å². The molecule has 0 aliphatic carbocycles. The largest absolute Gasteiger partial charge is 0.478 e. The van der Waals surface area contributed by atoms with E-state index in [1.54, 1.807) is 0 Å². The molecule has 0 radical (unpaired) electrons. The lowest BCUT2D eigenvalue weighted by Crippen LogP contribution is -2.11. The lowest BCUT2D eigenvalue weighted by molar-refractivity contribution is -0.131. The molecule has 1 aromatic carbocycles. The molecular formula is C12H12BrNO3. The van der Waals surface area contributed by atoms with Crippen molar-refractivity contribution in [1.82, 2.24) is 0 Å². The van der Waals surface area contributed by atoms with Crippen LogP contribution >= 0.6 is 15.9 Å². The van der Waals surface area contributed by atoms with Crippen molar-refractivity contribution in [2.45, 2.75) is 13.8 Å². The van der Waals surface area contributed by atoms with E-state index in [0.717, 1.165) is 27.8 Å². The summed E-state index contributed by atoms with van der Waals surface area (Å²) in [5, 5.41) is 11.1. The Kier molecular flexibility index (Phi) is 4.45. The minimum absolute atomic E-state index is 0.457. The van der Waals surface area contributed by atoms with Crippen molar-refractivity contribution < 1.29 is 14.7 Å². The highest BCUT2D eigenvalue weighted by Gasteiger charge is 2.06. The highest BCUT2D eigenvalue weighted by Crippen LogP contribution is 2.24. The fourth-order valence-electron chi connectivity index (χ4n) is 1.42. The van der Waals surface area contributed by atoms with Crippen LogP contribution in [-0.4, -0.2) is 17.0 Å². The number of carbonyl (C=O) groups excluding carboxylic acids is 1. The highest BCUT2D eigenvalue weighted by molar-refractivity contribution is 9.10. The number of hydrogen-bond donors (Lipinski definition) is 2. The van der Waals surface area contributed by atoms with Gasteiger partial charge in [-0.1, -0.05) is 15.9 Å². The van der Waals surface area contributed by atoms with Gasteiger partial charge in [-0.3, -0.25) is 4.79 Å². The van der Waals surface area contributed by atoms with E-state index in [4.69, 9.17) is 5.11 Å². The summed E-state index contributed by atoms with van der Waals surface area (Å²) in [4.78, 5) is 21.7. The monoisotopic (exact) mass is 297 g/mol. The first-order chi connectivity index (χ1) is 7.90. The van der Waals surface area contributed by atoms with Crippen molar-refractivity contribution in [2.75, 3.05) is 5.32 Å². The standard InChI is InChI=1S/C12H12BrNO3/c1-7-5-9(13)6-8(2)12(7)14-10(15)3-4-11(16)17/h3-6H,1-2H3,(H,14,15)(H,16,17)/b4-3+. The predicted molar refractivity (Wildman–Crippen MR) is 69.0 cm³/mol. The van der Waals surface area contributed by atoms with Crippen molar-refractivity contribution >= 4 is 33.5 Å². The van der Waals surface area contributed by atoms with Crippen LogP contribution < -0.4 is 5.32 Å². The van der Waals surface area contributed by atoms with Crippen molar-refractivity contribution in [2.24, 2.45) is 0 Å². The molecule has 1 rings (SSSR count).